The molecule has 0 aromatic heterocycles. The Balaban J connectivity index is 1.67. The summed E-state index contributed by atoms with van der Waals surface area (Å²) in [5, 5.41) is 9.86. The van der Waals surface area contributed by atoms with Crippen LogP contribution in [0, 0.1) is 0 Å². The first-order valence-electron chi connectivity index (χ1n) is 6.28. The predicted molar refractivity (Wildman–Crippen MR) is 70.8 cm³/mol. The quantitative estimate of drug-likeness (QED) is 0.885. The van der Waals surface area contributed by atoms with Crippen LogP contribution in [0.3, 0.4) is 0 Å². The van der Waals surface area contributed by atoms with Crippen LogP contribution in [0.25, 0.3) is 0 Å². The van der Waals surface area contributed by atoms with Crippen LogP contribution in [-0.4, -0.2) is 10.7 Å². The standard InChI is InChI=1S/C16H16O2/c17-16(10-11-16)12-13-6-8-15(9-7-13)18-14-4-2-1-3-5-14/h1-9,17H,10-12H2. The number of hydrogen-bond donors (Lipinski definition) is 1. The van der Waals surface area contributed by atoms with Crippen molar-refractivity contribution < 1.29 is 9.84 Å². The first kappa shape index (κ1) is 11.3. The number of benzene rings is 2. The molecule has 0 spiro atoms. The number of aliphatic hydroxyl groups is 1. The molecule has 0 saturated heterocycles. The van der Waals surface area contributed by atoms with Crippen molar-refractivity contribution in [2.24, 2.45) is 0 Å². The molecule has 1 fully saturated rings. The Kier molecular flexibility index (Phi) is 2.80. The minimum atomic E-state index is -0.429. The summed E-state index contributed by atoms with van der Waals surface area (Å²) in [6, 6.07) is 17.7. The van der Waals surface area contributed by atoms with E-state index in [1.54, 1.807) is 0 Å². The van der Waals surface area contributed by atoms with Gasteiger partial charge in [0, 0.05) is 6.42 Å². The van der Waals surface area contributed by atoms with Gasteiger partial charge >= 0.3 is 0 Å². The van der Waals surface area contributed by atoms with E-state index < -0.39 is 5.60 Å². The summed E-state index contributed by atoms with van der Waals surface area (Å²) in [5.41, 5.74) is 0.734. The van der Waals surface area contributed by atoms with Crippen molar-refractivity contribution in [1.29, 1.82) is 0 Å². The van der Waals surface area contributed by atoms with Crippen molar-refractivity contribution in [2.75, 3.05) is 0 Å². The number of para-hydroxylation sites is 1. The summed E-state index contributed by atoms with van der Waals surface area (Å²) in [4.78, 5) is 0. The summed E-state index contributed by atoms with van der Waals surface area (Å²) in [6.45, 7) is 0. The van der Waals surface area contributed by atoms with Crippen LogP contribution in [0.4, 0.5) is 0 Å². The first-order chi connectivity index (χ1) is 8.73. The number of rotatable bonds is 4. The third-order valence-corrected chi connectivity index (χ3v) is 3.26. The Hall–Kier alpha value is -1.80. The average Bonchev–Trinajstić information content (AvgIpc) is 3.11. The van der Waals surface area contributed by atoms with E-state index in [-0.39, 0.29) is 0 Å². The van der Waals surface area contributed by atoms with E-state index >= 15 is 0 Å². The predicted octanol–water partition coefficient (Wildman–Crippen LogP) is 3.55. The van der Waals surface area contributed by atoms with E-state index in [0.29, 0.717) is 0 Å². The molecule has 1 N–H and O–H groups in total. The fourth-order valence-electron chi connectivity index (χ4n) is 2.00. The number of ether oxygens (including phenoxy) is 1. The molecule has 0 unspecified atom stereocenters. The Morgan fingerprint density at radius 1 is 0.889 bits per heavy atom. The Labute approximate surface area is 107 Å². The molecule has 0 radical (unpaired) electrons. The smallest absolute Gasteiger partial charge is 0.127 e. The van der Waals surface area contributed by atoms with Crippen molar-refractivity contribution in [1.82, 2.24) is 0 Å². The molecule has 0 amide bonds. The third-order valence-electron chi connectivity index (χ3n) is 3.26. The van der Waals surface area contributed by atoms with Crippen LogP contribution in [0.15, 0.2) is 54.6 Å². The molecule has 1 aliphatic carbocycles. The highest BCUT2D eigenvalue weighted by Gasteiger charge is 2.39. The molecule has 2 aromatic rings. The molecule has 1 aliphatic rings. The average molecular weight is 240 g/mol. The molecule has 18 heavy (non-hydrogen) atoms. The molecule has 0 bridgehead atoms. The zero-order valence-corrected chi connectivity index (χ0v) is 10.2. The van der Waals surface area contributed by atoms with E-state index in [1.807, 2.05) is 54.6 Å². The lowest BCUT2D eigenvalue weighted by Crippen LogP contribution is -2.10. The summed E-state index contributed by atoms with van der Waals surface area (Å²) < 4.78 is 5.72. The van der Waals surface area contributed by atoms with Crippen molar-refractivity contribution in [2.45, 2.75) is 24.9 Å². The summed E-state index contributed by atoms with van der Waals surface area (Å²) in [6.07, 6.45) is 2.60. The van der Waals surface area contributed by atoms with Crippen molar-refractivity contribution in [3.05, 3.63) is 60.2 Å². The van der Waals surface area contributed by atoms with Gasteiger partial charge in [0.15, 0.2) is 0 Å². The highest BCUT2D eigenvalue weighted by molar-refractivity contribution is 5.33. The minimum absolute atomic E-state index is 0.429. The highest BCUT2D eigenvalue weighted by Crippen LogP contribution is 2.38. The lowest BCUT2D eigenvalue weighted by molar-refractivity contribution is 0.151. The molecular weight excluding hydrogens is 224 g/mol. The topological polar surface area (TPSA) is 29.5 Å². The lowest BCUT2D eigenvalue weighted by atomic mass is 10.1. The summed E-state index contributed by atoms with van der Waals surface area (Å²) in [5.74, 6) is 1.67. The van der Waals surface area contributed by atoms with Gasteiger partial charge in [0.1, 0.15) is 11.5 Å². The molecular formula is C16H16O2. The van der Waals surface area contributed by atoms with E-state index in [0.717, 1.165) is 36.3 Å². The van der Waals surface area contributed by atoms with Crippen LogP contribution in [-0.2, 0) is 6.42 Å². The minimum Gasteiger partial charge on any atom is -0.457 e. The first-order valence-corrected chi connectivity index (χ1v) is 6.28. The molecule has 1 saturated carbocycles. The Bertz CT molecular complexity index is 513. The maximum absolute atomic E-state index is 9.86. The molecule has 0 heterocycles. The van der Waals surface area contributed by atoms with Gasteiger partial charge in [0.05, 0.1) is 5.60 Å². The molecule has 0 aliphatic heterocycles. The van der Waals surface area contributed by atoms with Gasteiger partial charge in [0.25, 0.3) is 0 Å². The van der Waals surface area contributed by atoms with Gasteiger partial charge in [-0.15, -0.1) is 0 Å². The van der Waals surface area contributed by atoms with Gasteiger partial charge in [-0.3, -0.25) is 0 Å². The molecule has 0 atom stereocenters. The van der Waals surface area contributed by atoms with Gasteiger partial charge in [-0.2, -0.15) is 0 Å². The lowest BCUT2D eigenvalue weighted by Gasteiger charge is -2.09. The van der Waals surface area contributed by atoms with Gasteiger partial charge in [-0.25, -0.2) is 0 Å². The monoisotopic (exact) mass is 240 g/mol. The molecule has 3 rings (SSSR count). The number of hydrogen-bond acceptors (Lipinski definition) is 2. The van der Waals surface area contributed by atoms with Gasteiger partial charge in [-0.05, 0) is 42.7 Å². The fraction of sp³-hybridized carbons (Fsp3) is 0.250. The summed E-state index contributed by atoms with van der Waals surface area (Å²) >= 11 is 0. The third kappa shape index (κ3) is 2.71. The van der Waals surface area contributed by atoms with Gasteiger partial charge in [-0.1, -0.05) is 30.3 Å². The van der Waals surface area contributed by atoms with Crippen LogP contribution < -0.4 is 4.74 Å². The van der Waals surface area contributed by atoms with Crippen LogP contribution >= 0.6 is 0 Å². The fourth-order valence-corrected chi connectivity index (χ4v) is 2.00. The summed E-state index contributed by atoms with van der Waals surface area (Å²) in [7, 11) is 0. The SMILES string of the molecule is OC1(Cc2ccc(Oc3ccccc3)cc2)CC1. The van der Waals surface area contributed by atoms with Gasteiger partial charge < -0.3 is 9.84 Å². The van der Waals surface area contributed by atoms with Crippen molar-refractivity contribution in [3.8, 4) is 11.5 Å². The maximum atomic E-state index is 9.86. The maximum Gasteiger partial charge on any atom is 0.127 e. The highest BCUT2D eigenvalue weighted by atomic mass is 16.5. The second-order valence-electron chi connectivity index (χ2n) is 4.96. The largest absolute Gasteiger partial charge is 0.457 e. The van der Waals surface area contributed by atoms with Crippen molar-refractivity contribution in [3.63, 3.8) is 0 Å². The van der Waals surface area contributed by atoms with Crippen LogP contribution in [0.2, 0.25) is 0 Å². The Morgan fingerprint density at radius 2 is 1.50 bits per heavy atom. The molecule has 2 heteroatoms. The molecule has 2 nitrogen and oxygen atoms in total. The Morgan fingerprint density at radius 3 is 2.11 bits per heavy atom. The van der Waals surface area contributed by atoms with E-state index in [1.165, 1.54) is 0 Å². The van der Waals surface area contributed by atoms with Crippen LogP contribution in [0.1, 0.15) is 18.4 Å². The normalized spacial score (nSPS) is 16.3. The zero-order valence-electron chi connectivity index (χ0n) is 10.2. The van der Waals surface area contributed by atoms with E-state index in [4.69, 9.17) is 4.74 Å². The molecule has 92 valence electrons. The molecule has 2 aromatic carbocycles. The van der Waals surface area contributed by atoms with Crippen molar-refractivity contribution >= 4 is 0 Å². The van der Waals surface area contributed by atoms with E-state index in [9.17, 15) is 5.11 Å². The van der Waals surface area contributed by atoms with Gasteiger partial charge in [0.2, 0.25) is 0 Å². The second kappa shape index (κ2) is 4.46. The van der Waals surface area contributed by atoms with Crippen LogP contribution in [0.5, 0.6) is 11.5 Å². The second-order valence-corrected chi connectivity index (χ2v) is 4.96. The van der Waals surface area contributed by atoms with E-state index in [2.05, 4.69) is 0 Å². The zero-order chi connectivity index (χ0) is 12.4.